The van der Waals surface area contributed by atoms with Crippen LogP contribution in [0, 0.1) is 13.8 Å². The SMILES string of the molecule is Cc1ccc([C@H](CNC(=O)NCc2nc(C)cs2)N(C)C)cc1. The van der Waals surface area contributed by atoms with Crippen LogP contribution in [0.15, 0.2) is 29.6 Å². The lowest BCUT2D eigenvalue weighted by Gasteiger charge is -2.25. The molecular formula is C17H24N4OS. The van der Waals surface area contributed by atoms with Gasteiger partial charge in [0.15, 0.2) is 0 Å². The van der Waals surface area contributed by atoms with Crippen molar-refractivity contribution < 1.29 is 4.79 Å². The van der Waals surface area contributed by atoms with Gasteiger partial charge in [0, 0.05) is 17.6 Å². The van der Waals surface area contributed by atoms with E-state index < -0.39 is 0 Å². The largest absolute Gasteiger partial charge is 0.336 e. The van der Waals surface area contributed by atoms with Gasteiger partial charge >= 0.3 is 6.03 Å². The molecule has 0 aliphatic carbocycles. The summed E-state index contributed by atoms with van der Waals surface area (Å²) in [5.74, 6) is 0. The number of hydrogen-bond acceptors (Lipinski definition) is 4. The molecule has 124 valence electrons. The van der Waals surface area contributed by atoms with E-state index in [1.54, 1.807) is 11.3 Å². The first-order valence-corrected chi connectivity index (χ1v) is 8.49. The summed E-state index contributed by atoms with van der Waals surface area (Å²) in [5.41, 5.74) is 3.41. The fourth-order valence-corrected chi connectivity index (χ4v) is 2.99. The standard InChI is InChI=1S/C17H24N4OS/c1-12-5-7-14(8-6-12)15(21(3)4)9-18-17(22)19-10-16-20-13(2)11-23-16/h5-8,11,15H,9-10H2,1-4H3,(H2,18,19,22)/t15-/m0/s1. The monoisotopic (exact) mass is 332 g/mol. The predicted molar refractivity (Wildman–Crippen MR) is 94.7 cm³/mol. The number of nitrogens with one attached hydrogen (secondary N) is 2. The molecule has 2 rings (SSSR count). The molecule has 0 saturated heterocycles. The second kappa shape index (κ2) is 8.08. The summed E-state index contributed by atoms with van der Waals surface area (Å²) in [7, 11) is 4.03. The Hall–Kier alpha value is -1.92. The molecule has 0 aliphatic rings. The maximum Gasteiger partial charge on any atom is 0.315 e. The summed E-state index contributed by atoms with van der Waals surface area (Å²) < 4.78 is 0. The lowest BCUT2D eigenvalue weighted by molar-refractivity contribution is 0.232. The minimum atomic E-state index is -0.170. The molecule has 6 heteroatoms. The van der Waals surface area contributed by atoms with Crippen LogP contribution in [0.25, 0.3) is 0 Å². The first-order valence-electron chi connectivity index (χ1n) is 7.61. The first kappa shape index (κ1) is 17.4. The zero-order valence-electron chi connectivity index (χ0n) is 14.1. The predicted octanol–water partition coefficient (Wildman–Crippen LogP) is 2.86. The Morgan fingerprint density at radius 2 is 1.91 bits per heavy atom. The van der Waals surface area contributed by atoms with Gasteiger partial charge in [-0.05, 0) is 33.5 Å². The first-order chi connectivity index (χ1) is 11.0. The summed E-state index contributed by atoms with van der Waals surface area (Å²) in [6.07, 6.45) is 0. The number of hydrogen-bond donors (Lipinski definition) is 2. The van der Waals surface area contributed by atoms with E-state index in [4.69, 9.17) is 0 Å². The molecule has 0 bridgehead atoms. The van der Waals surface area contributed by atoms with E-state index >= 15 is 0 Å². The number of carbonyl (C=O) groups excluding carboxylic acids is 1. The van der Waals surface area contributed by atoms with Crippen molar-refractivity contribution in [2.24, 2.45) is 0 Å². The Bertz CT molecular complexity index is 636. The van der Waals surface area contributed by atoms with Gasteiger partial charge in [-0.3, -0.25) is 0 Å². The van der Waals surface area contributed by atoms with E-state index in [1.807, 2.05) is 26.4 Å². The highest BCUT2D eigenvalue weighted by molar-refractivity contribution is 7.09. The number of aromatic nitrogens is 1. The van der Waals surface area contributed by atoms with Crippen molar-refractivity contribution in [1.29, 1.82) is 0 Å². The molecule has 1 aromatic heterocycles. The van der Waals surface area contributed by atoms with Crippen LogP contribution in [0.1, 0.15) is 27.9 Å². The number of carbonyl (C=O) groups is 1. The fraction of sp³-hybridized carbons (Fsp3) is 0.412. The molecule has 1 aromatic carbocycles. The quantitative estimate of drug-likeness (QED) is 0.855. The van der Waals surface area contributed by atoms with Crippen molar-refractivity contribution in [2.45, 2.75) is 26.4 Å². The molecule has 0 radical (unpaired) electrons. The number of rotatable bonds is 6. The number of likely N-dealkylation sites (N-methyl/N-ethyl adjacent to an activating group) is 1. The van der Waals surface area contributed by atoms with Gasteiger partial charge in [0.05, 0.1) is 12.6 Å². The van der Waals surface area contributed by atoms with Crippen LogP contribution in [0.2, 0.25) is 0 Å². The minimum Gasteiger partial charge on any atom is -0.336 e. The highest BCUT2D eigenvalue weighted by Crippen LogP contribution is 2.17. The molecule has 2 amide bonds. The second-order valence-electron chi connectivity index (χ2n) is 5.84. The van der Waals surface area contributed by atoms with Crippen molar-refractivity contribution >= 4 is 17.4 Å². The van der Waals surface area contributed by atoms with Gasteiger partial charge in [-0.1, -0.05) is 29.8 Å². The third-order valence-electron chi connectivity index (χ3n) is 3.61. The van der Waals surface area contributed by atoms with Crippen molar-refractivity contribution in [3.63, 3.8) is 0 Å². The normalized spacial score (nSPS) is 12.2. The molecular weight excluding hydrogens is 308 g/mol. The third-order valence-corrected chi connectivity index (χ3v) is 4.57. The minimum absolute atomic E-state index is 0.142. The number of thiazole rings is 1. The van der Waals surface area contributed by atoms with Crippen LogP contribution < -0.4 is 10.6 Å². The number of aryl methyl sites for hydroxylation is 2. The topological polar surface area (TPSA) is 57.3 Å². The summed E-state index contributed by atoms with van der Waals surface area (Å²) in [6, 6.07) is 8.38. The molecule has 23 heavy (non-hydrogen) atoms. The molecule has 0 fully saturated rings. The number of nitrogens with zero attached hydrogens (tertiary/aromatic N) is 2. The molecule has 2 aromatic rings. The van der Waals surface area contributed by atoms with Crippen molar-refractivity contribution in [1.82, 2.24) is 20.5 Å². The summed E-state index contributed by atoms with van der Waals surface area (Å²) in [4.78, 5) is 18.4. The van der Waals surface area contributed by atoms with E-state index in [1.165, 1.54) is 11.1 Å². The summed E-state index contributed by atoms with van der Waals surface area (Å²) in [5, 5.41) is 8.68. The van der Waals surface area contributed by atoms with E-state index in [2.05, 4.69) is 51.7 Å². The summed E-state index contributed by atoms with van der Waals surface area (Å²) >= 11 is 1.56. The molecule has 0 aliphatic heterocycles. The Kier molecular flexibility index (Phi) is 6.12. The van der Waals surface area contributed by atoms with Gasteiger partial charge in [-0.15, -0.1) is 11.3 Å². The zero-order valence-corrected chi connectivity index (χ0v) is 14.9. The average Bonchev–Trinajstić information content (AvgIpc) is 2.92. The lowest BCUT2D eigenvalue weighted by Crippen LogP contribution is -2.40. The number of urea groups is 1. The Labute approximate surface area is 141 Å². The van der Waals surface area contributed by atoms with Crippen LogP contribution in [0.3, 0.4) is 0 Å². The van der Waals surface area contributed by atoms with Crippen molar-refractivity contribution in [2.75, 3.05) is 20.6 Å². The van der Waals surface area contributed by atoms with E-state index in [0.717, 1.165) is 10.7 Å². The second-order valence-corrected chi connectivity index (χ2v) is 6.78. The molecule has 0 spiro atoms. The number of amides is 2. The van der Waals surface area contributed by atoms with Crippen molar-refractivity contribution in [3.05, 3.63) is 51.5 Å². The van der Waals surface area contributed by atoms with Gasteiger partial charge in [0.1, 0.15) is 5.01 Å². The maximum absolute atomic E-state index is 12.0. The van der Waals surface area contributed by atoms with Crippen LogP contribution in [-0.4, -0.2) is 36.6 Å². The van der Waals surface area contributed by atoms with Gasteiger partial charge < -0.3 is 15.5 Å². The van der Waals surface area contributed by atoms with E-state index in [-0.39, 0.29) is 12.1 Å². The Balaban J connectivity index is 1.85. The van der Waals surface area contributed by atoms with E-state index in [0.29, 0.717) is 13.1 Å². The highest BCUT2D eigenvalue weighted by atomic mass is 32.1. The molecule has 5 nitrogen and oxygen atoms in total. The Morgan fingerprint density at radius 3 is 2.48 bits per heavy atom. The van der Waals surface area contributed by atoms with Crippen LogP contribution in [0.4, 0.5) is 4.79 Å². The molecule has 1 heterocycles. The fourth-order valence-electron chi connectivity index (χ4n) is 2.28. The van der Waals surface area contributed by atoms with Crippen LogP contribution in [-0.2, 0) is 6.54 Å². The zero-order chi connectivity index (χ0) is 16.8. The van der Waals surface area contributed by atoms with Gasteiger partial charge in [0.25, 0.3) is 0 Å². The van der Waals surface area contributed by atoms with E-state index in [9.17, 15) is 4.79 Å². The van der Waals surface area contributed by atoms with Crippen LogP contribution in [0.5, 0.6) is 0 Å². The smallest absolute Gasteiger partial charge is 0.315 e. The third kappa shape index (κ3) is 5.33. The average molecular weight is 332 g/mol. The molecule has 2 N–H and O–H groups in total. The lowest BCUT2D eigenvalue weighted by atomic mass is 10.0. The number of benzene rings is 1. The molecule has 0 unspecified atom stereocenters. The highest BCUT2D eigenvalue weighted by Gasteiger charge is 2.15. The summed E-state index contributed by atoms with van der Waals surface area (Å²) in [6.45, 7) is 5.03. The molecule has 0 saturated carbocycles. The van der Waals surface area contributed by atoms with Crippen LogP contribution >= 0.6 is 11.3 Å². The Morgan fingerprint density at radius 1 is 1.22 bits per heavy atom. The maximum atomic E-state index is 12.0. The van der Waals surface area contributed by atoms with Gasteiger partial charge in [-0.25, -0.2) is 9.78 Å². The van der Waals surface area contributed by atoms with Crippen molar-refractivity contribution in [3.8, 4) is 0 Å². The molecule has 1 atom stereocenters. The van der Waals surface area contributed by atoms with Gasteiger partial charge in [0.2, 0.25) is 0 Å². The van der Waals surface area contributed by atoms with Gasteiger partial charge in [-0.2, -0.15) is 0 Å².